The van der Waals surface area contributed by atoms with Crippen molar-refractivity contribution in [1.82, 2.24) is 9.88 Å². The first-order valence-corrected chi connectivity index (χ1v) is 8.28. The number of hydrogen-bond donors (Lipinski definition) is 1. The number of carbonyl (C=O) groups excluding carboxylic acids is 1. The van der Waals surface area contributed by atoms with E-state index in [2.05, 4.69) is 28.1 Å². The minimum Gasteiger partial charge on any atom is -0.352 e. The summed E-state index contributed by atoms with van der Waals surface area (Å²) in [6.07, 6.45) is 2.77. The summed E-state index contributed by atoms with van der Waals surface area (Å²) in [4.78, 5) is 12.1. The molecule has 1 amide bonds. The number of benzene rings is 2. The van der Waals surface area contributed by atoms with E-state index in [1.165, 1.54) is 11.5 Å². The summed E-state index contributed by atoms with van der Waals surface area (Å²) in [6.45, 7) is 1.24. The topological polar surface area (TPSA) is 34.0 Å². The summed E-state index contributed by atoms with van der Waals surface area (Å²) in [5.41, 5.74) is 1.25. The molecular weight excluding hydrogens is 350 g/mol. The SMILES string of the molecule is O=C(NCCCn1ccc2ccccc21)c1cc(F)c(Cl)cc1Cl. The lowest BCUT2D eigenvalue weighted by Crippen LogP contribution is -2.25. The maximum absolute atomic E-state index is 13.5. The Bertz CT molecular complexity index is 892. The van der Waals surface area contributed by atoms with E-state index in [0.717, 1.165) is 24.5 Å². The number of nitrogens with zero attached hydrogens (tertiary/aromatic N) is 1. The van der Waals surface area contributed by atoms with Crippen LogP contribution in [0.5, 0.6) is 0 Å². The Kier molecular flexibility index (Phi) is 5.07. The molecule has 0 radical (unpaired) electrons. The van der Waals surface area contributed by atoms with Gasteiger partial charge in [-0.25, -0.2) is 4.39 Å². The third-order valence-corrected chi connectivity index (χ3v) is 4.40. The number of nitrogens with one attached hydrogen (secondary N) is 1. The summed E-state index contributed by atoms with van der Waals surface area (Å²) in [6, 6.07) is 12.5. The number of rotatable bonds is 5. The van der Waals surface area contributed by atoms with Crippen LogP contribution < -0.4 is 5.32 Å². The Hall–Kier alpha value is -2.04. The number of fused-ring (bicyclic) bond motifs is 1. The number of halogens is 3. The fourth-order valence-corrected chi connectivity index (χ4v) is 3.05. The highest BCUT2D eigenvalue weighted by Gasteiger charge is 2.13. The van der Waals surface area contributed by atoms with Gasteiger partial charge in [-0.15, -0.1) is 0 Å². The monoisotopic (exact) mass is 364 g/mol. The molecule has 24 heavy (non-hydrogen) atoms. The van der Waals surface area contributed by atoms with Crippen LogP contribution in [0.25, 0.3) is 10.9 Å². The molecule has 3 aromatic rings. The van der Waals surface area contributed by atoms with E-state index in [0.29, 0.717) is 6.54 Å². The molecule has 1 N–H and O–H groups in total. The minimum absolute atomic E-state index is 0.0879. The Morgan fingerprint density at radius 2 is 1.92 bits per heavy atom. The van der Waals surface area contributed by atoms with Crippen LogP contribution in [0.1, 0.15) is 16.8 Å². The van der Waals surface area contributed by atoms with Crippen LogP contribution in [0.3, 0.4) is 0 Å². The standard InChI is InChI=1S/C18H15Cl2FN2O/c19-14-11-15(20)16(21)10-13(14)18(24)22-7-3-8-23-9-6-12-4-1-2-5-17(12)23/h1-2,4-6,9-11H,3,7-8H2,(H,22,24). The van der Waals surface area contributed by atoms with E-state index in [4.69, 9.17) is 23.2 Å². The van der Waals surface area contributed by atoms with E-state index < -0.39 is 11.7 Å². The molecule has 124 valence electrons. The van der Waals surface area contributed by atoms with Crippen LogP contribution in [-0.2, 0) is 6.54 Å². The third-order valence-electron chi connectivity index (χ3n) is 3.80. The Morgan fingerprint density at radius 3 is 2.75 bits per heavy atom. The van der Waals surface area contributed by atoms with Crippen LogP contribution in [0, 0.1) is 5.82 Å². The minimum atomic E-state index is -0.662. The van der Waals surface area contributed by atoms with Gasteiger partial charge in [0, 0.05) is 24.8 Å². The van der Waals surface area contributed by atoms with Gasteiger partial charge in [0.1, 0.15) is 5.82 Å². The molecule has 2 aromatic carbocycles. The molecule has 0 saturated carbocycles. The molecule has 3 rings (SSSR count). The molecule has 6 heteroatoms. The smallest absolute Gasteiger partial charge is 0.252 e. The molecule has 0 aliphatic rings. The van der Waals surface area contributed by atoms with Crippen molar-refractivity contribution in [2.45, 2.75) is 13.0 Å². The van der Waals surface area contributed by atoms with E-state index in [1.807, 2.05) is 18.3 Å². The second-order valence-corrected chi connectivity index (χ2v) is 6.24. The van der Waals surface area contributed by atoms with Gasteiger partial charge >= 0.3 is 0 Å². The van der Waals surface area contributed by atoms with Gasteiger partial charge in [-0.3, -0.25) is 4.79 Å². The van der Waals surface area contributed by atoms with Crippen LogP contribution in [0.15, 0.2) is 48.7 Å². The molecule has 0 spiro atoms. The van der Waals surface area contributed by atoms with Gasteiger partial charge in [0.15, 0.2) is 0 Å². The molecule has 0 atom stereocenters. The highest BCUT2D eigenvalue weighted by molar-refractivity contribution is 6.36. The van der Waals surface area contributed by atoms with Crippen molar-refractivity contribution in [3.8, 4) is 0 Å². The number of hydrogen-bond acceptors (Lipinski definition) is 1. The Balaban J connectivity index is 1.57. The van der Waals surface area contributed by atoms with Crippen molar-refractivity contribution >= 4 is 40.0 Å². The van der Waals surface area contributed by atoms with Crippen LogP contribution >= 0.6 is 23.2 Å². The number of aryl methyl sites for hydroxylation is 1. The fourth-order valence-electron chi connectivity index (χ4n) is 2.58. The number of amides is 1. The lowest BCUT2D eigenvalue weighted by Gasteiger charge is -2.09. The summed E-state index contributed by atoms with van der Waals surface area (Å²) in [5, 5.41) is 3.97. The maximum Gasteiger partial charge on any atom is 0.252 e. The predicted molar refractivity (Wildman–Crippen MR) is 95.3 cm³/mol. The molecule has 3 nitrogen and oxygen atoms in total. The lowest BCUT2D eigenvalue weighted by atomic mass is 10.2. The zero-order valence-electron chi connectivity index (χ0n) is 12.7. The molecule has 0 bridgehead atoms. The maximum atomic E-state index is 13.5. The summed E-state index contributed by atoms with van der Waals surface area (Å²) in [7, 11) is 0. The van der Waals surface area contributed by atoms with Crippen LogP contribution in [0.2, 0.25) is 10.0 Å². The summed E-state index contributed by atoms with van der Waals surface area (Å²) >= 11 is 11.6. The number of carbonyl (C=O) groups is 1. The summed E-state index contributed by atoms with van der Waals surface area (Å²) < 4.78 is 15.6. The fraction of sp³-hybridized carbons (Fsp3) is 0.167. The first-order chi connectivity index (χ1) is 11.6. The third kappa shape index (κ3) is 3.55. The van der Waals surface area contributed by atoms with Crippen LogP contribution in [0.4, 0.5) is 4.39 Å². The van der Waals surface area contributed by atoms with Gasteiger partial charge in [-0.1, -0.05) is 41.4 Å². The quantitative estimate of drug-likeness (QED) is 0.506. The largest absolute Gasteiger partial charge is 0.352 e. The normalized spacial score (nSPS) is 11.0. The van der Waals surface area contributed by atoms with Crippen molar-refractivity contribution in [2.75, 3.05) is 6.54 Å². The second kappa shape index (κ2) is 7.24. The first kappa shape index (κ1) is 16.8. The highest BCUT2D eigenvalue weighted by Crippen LogP contribution is 2.24. The van der Waals surface area contributed by atoms with E-state index >= 15 is 0 Å². The van der Waals surface area contributed by atoms with Crippen molar-refractivity contribution in [3.63, 3.8) is 0 Å². The average Bonchev–Trinajstić information content (AvgIpc) is 2.98. The highest BCUT2D eigenvalue weighted by atomic mass is 35.5. The molecule has 1 aromatic heterocycles. The van der Waals surface area contributed by atoms with Crippen molar-refractivity contribution < 1.29 is 9.18 Å². The predicted octanol–water partition coefficient (Wildman–Crippen LogP) is 4.91. The van der Waals surface area contributed by atoms with Crippen molar-refractivity contribution in [2.24, 2.45) is 0 Å². The average molecular weight is 365 g/mol. The van der Waals surface area contributed by atoms with Gasteiger partial charge in [0.2, 0.25) is 0 Å². The van der Waals surface area contributed by atoms with Gasteiger partial charge in [-0.05, 0) is 36.1 Å². The molecule has 0 saturated heterocycles. The van der Waals surface area contributed by atoms with Crippen molar-refractivity contribution in [1.29, 1.82) is 0 Å². The van der Waals surface area contributed by atoms with E-state index in [1.54, 1.807) is 0 Å². The zero-order chi connectivity index (χ0) is 17.1. The zero-order valence-corrected chi connectivity index (χ0v) is 14.2. The van der Waals surface area contributed by atoms with Crippen molar-refractivity contribution in [3.05, 3.63) is 70.1 Å². The molecule has 0 aliphatic heterocycles. The lowest BCUT2D eigenvalue weighted by molar-refractivity contribution is 0.0952. The van der Waals surface area contributed by atoms with Gasteiger partial charge < -0.3 is 9.88 Å². The second-order valence-electron chi connectivity index (χ2n) is 5.42. The molecular formula is C18H15Cl2FN2O. The van der Waals surface area contributed by atoms with E-state index in [-0.39, 0.29) is 15.6 Å². The molecule has 0 aliphatic carbocycles. The summed E-state index contributed by atoms with van der Waals surface area (Å²) in [5.74, 6) is -1.07. The number of para-hydroxylation sites is 1. The van der Waals surface area contributed by atoms with Gasteiger partial charge in [0.05, 0.1) is 15.6 Å². The molecule has 1 heterocycles. The van der Waals surface area contributed by atoms with Gasteiger partial charge in [-0.2, -0.15) is 0 Å². The number of aromatic nitrogens is 1. The van der Waals surface area contributed by atoms with Gasteiger partial charge in [0.25, 0.3) is 5.91 Å². The first-order valence-electron chi connectivity index (χ1n) is 7.53. The molecule has 0 unspecified atom stereocenters. The Morgan fingerprint density at radius 1 is 1.12 bits per heavy atom. The van der Waals surface area contributed by atoms with Crippen LogP contribution in [-0.4, -0.2) is 17.0 Å². The Labute approximate surface area is 149 Å². The van der Waals surface area contributed by atoms with E-state index in [9.17, 15) is 9.18 Å². The molecule has 0 fully saturated rings.